The smallest absolute Gasteiger partial charge is 0.260 e. The topological polar surface area (TPSA) is 118 Å². The van der Waals surface area contributed by atoms with Crippen LogP contribution in [-0.2, 0) is 26.4 Å². The summed E-state index contributed by atoms with van der Waals surface area (Å²) in [7, 11) is -7.16. The Hall–Kier alpha value is -3.06. The van der Waals surface area contributed by atoms with Gasteiger partial charge in [-0.3, -0.25) is 9.69 Å². The van der Waals surface area contributed by atoms with Crippen LogP contribution in [0.3, 0.4) is 0 Å². The van der Waals surface area contributed by atoms with Crippen LogP contribution in [0.1, 0.15) is 43.8 Å². The maximum absolute atomic E-state index is 13.8. The average Bonchev–Trinajstić information content (AvgIpc) is 3.54. The van der Waals surface area contributed by atoms with Gasteiger partial charge in [-0.15, -0.1) is 0 Å². The molecule has 1 amide bonds. The standard InChI is InChI=1S/C28H33N3O6S3/c1-19(2)16-30(17-20(3)4)40(35,36)23-10-8-21(9-11-23)27(32)31(18-22-7-6-14-37-22)28-29-25-13-12-24(39(5,33)34)15-26(25)38-28/h6-15,19-20H,16-18H2,1-5H3. The van der Waals surface area contributed by atoms with Gasteiger partial charge in [0.2, 0.25) is 10.0 Å². The first kappa shape index (κ1) is 29.9. The fourth-order valence-corrected chi connectivity index (χ4v) is 7.67. The third-order valence-corrected chi connectivity index (χ3v) is 10.0. The minimum atomic E-state index is -3.75. The Bertz CT molecular complexity index is 1680. The Morgan fingerprint density at radius 1 is 0.925 bits per heavy atom. The third-order valence-electron chi connectivity index (χ3n) is 6.02. The van der Waals surface area contributed by atoms with Crippen molar-refractivity contribution in [1.82, 2.24) is 9.29 Å². The molecule has 40 heavy (non-hydrogen) atoms. The molecule has 0 aliphatic heterocycles. The Morgan fingerprint density at radius 2 is 1.55 bits per heavy atom. The molecule has 0 saturated carbocycles. The van der Waals surface area contributed by atoms with Crippen molar-refractivity contribution in [1.29, 1.82) is 0 Å². The van der Waals surface area contributed by atoms with E-state index in [0.29, 0.717) is 34.2 Å². The maximum Gasteiger partial charge on any atom is 0.260 e. The van der Waals surface area contributed by atoms with Crippen LogP contribution in [0.15, 0.2) is 75.1 Å². The average molecular weight is 604 g/mol. The molecule has 0 radical (unpaired) electrons. The number of amides is 1. The maximum atomic E-state index is 13.8. The monoisotopic (exact) mass is 603 g/mol. The van der Waals surface area contributed by atoms with Gasteiger partial charge in [0.1, 0.15) is 5.76 Å². The number of hydrogen-bond donors (Lipinski definition) is 0. The number of carbonyl (C=O) groups is 1. The number of hydrogen-bond acceptors (Lipinski definition) is 8. The van der Waals surface area contributed by atoms with E-state index in [1.807, 2.05) is 27.7 Å². The normalized spacial score (nSPS) is 12.6. The summed E-state index contributed by atoms with van der Waals surface area (Å²) in [5.74, 6) is 0.448. The number of sulfone groups is 1. The number of benzene rings is 2. The number of sulfonamides is 1. The predicted octanol–water partition coefficient (Wildman–Crippen LogP) is 5.44. The van der Waals surface area contributed by atoms with E-state index in [9.17, 15) is 21.6 Å². The number of furan rings is 1. The highest BCUT2D eigenvalue weighted by Crippen LogP contribution is 2.33. The number of carbonyl (C=O) groups excluding carboxylic acids is 1. The zero-order valence-electron chi connectivity index (χ0n) is 23.1. The van der Waals surface area contributed by atoms with E-state index < -0.39 is 25.8 Å². The number of aromatic nitrogens is 1. The minimum absolute atomic E-state index is 0.0845. The number of nitrogens with zero attached hydrogens (tertiary/aromatic N) is 3. The van der Waals surface area contributed by atoms with Crippen LogP contribution in [0.2, 0.25) is 0 Å². The van der Waals surface area contributed by atoms with Crippen molar-refractivity contribution in [3.8, 4) is 0 Å². The molecule has 0 bridgehead atoms. The number of anilines is 1. The number of rotatable bonds is 11. The minimum Gasteiger partial charge on any atom is -0.467 e. The van der Waals surface area contributed by atoms with E-state index >= 15 is 0 Å². The Morgan fingerprint density at radius 3 is 2.10 bits per heavy atom. The Balaban J connectivity index is 1.68. The first-order chi connectivity index (χ1) is 18.8. The molecular formula is C28H33N3O6S3. The van der Waals surface area contributed by atoms with E-state index in [0.717, 1.165) is 6.26 Å². The van der Waals surface area contributed by atoms with Crippen molar-refractivity contribution in [3.05, 3.63) is 72.2 Å². The second-order valence-electron chi connectivity index (χ2n) is 10.5. The van der Waals surface area contributed by atoms with Gasteiger partial charge in [0.25, 0.3) is 5.91 Å². The molecule has 0 unspecified atom stereocenters. The van der Waals surface area contributed by atoms with Crippen molar-refractivity contribution >= 4 is 52.5 Å². The Labute approximate surface area is 239 Å². The molecule has 0 aliphatic carbocycles. The molecule has 0 saturated heterocycles. The lowest BCUT2D eigenvalue weighted by atomic mass is 10.2. The zero-order valence-corrected chi connectivity index (χ0v) is 25.5. The second-order valence-corrected chi connectivity index (χ2v) is 15.5. The van der Waals surface area contributed by atoms with E-state index in [1.54, 1.807) is 24.3 Å². The lowest BCUT2D eigenvalue weighted by Gasteiger charge is -2.25. The van der Waals surface area contributed by atoms with Crippen molar-refractivity contribution in [2.24, 2.45) is 11.8 Å². The van der Waals surface area contributed by atoms with Gasteiger partial charge in [-0.2, -0.15) is 4.31 Å². The van der Waals surface area contributed by atoms with Gasteiger partial charge in [-0.25, -0.2) is 21.8 Å². The van der Waals surface area contributed by atoms with Crippen LogP contribution in [0.4, 0.5) is 5.13 Å². The lowest BCUT2D eigenvalue weighted by Crippen LogP contribution is -2.37. The molecular weight excluding hydrogens is 571 g/mol. The largest absolute Gasteiger partial charge is 0.467 e. The molecule has 0 atom stereocenters. The molecule has 0 fully saturated rings. The SMILES string of the molecule is CC(C)CN(CC(C)C)S(=O)(=O)c1ccc(C(=O)N(Cc2ccco2)c2nc3ccc(S(C)(=O)=O)cc3s2)cc1. The van der Waals surface area contributed by atoms with Crippen molar-refractivity contribution in [3.63, 3.8) is 0 Å². The quantitative estimate of drug-likeness (QED) is 0.224. The van der Waals surface area contributed by atoms with Crippen molar-refractivity contribution < 1.29 is 26.0 Å². The lowest BCUT2D eigenvalue weighted by molar-refractivity contribution is 0.0983. The molecule has 4 rings (SSSR count). The van der Waals surface area contributed by atoms with Gasteiger partial charge < -0.3 is 4.42 Å². The summed E-state index contributed by atoms with van der Waals surface area (Å²) in [4.78, 5) is 20.1. The van der Waals surface area contributed by atoms with E-state index in [2.05, 4.69) is 4.98 Å². The highest BCUT2D eigenvalue weighted by Gasteiger charge is 2.28. The van der Waals surface area contributed by atoms with Gasteiger partial charge in [-0.1, -0.05) is 39.0 Å². The molecule has 0 aliphatic rings. The van der Waals surface area contributed by atoms with Crippen molar-refractivity contribution in [2.75, 3.05) is 24.2 Å². The van der Waals surface area contributed by atoms with E-state index in [4.69, 9.17) is 4.42 Å². The van der Waals surface area contributed by atoms with Crippen LogP contribution in [0.5, 0.6) is 0 Å². The molecule has 2 heterocycles. The Kier molecular flexibility index (Phi) is 8.83. The molecule has 214 valence electrons. The van der Waals surface area contributed by atoms with Gasteiger partial charge in [0.15, 0.2) is 15.0 Å². The van der Waals surface area contributed by atoms with E-state index in [-0.39, 0.29) is 33.7 Å². The highest BCUT2D eigenvalue weighted by molar-refractivity contribution is 7.90. The van der Waals surface area contributed by atoms with Crippen LogP contribution >= 0.6 is 11.3 Å². The fraction of sp³-hybridized carbons (Fsp3) is 0.357. The summed E-state index contributed by atoms with van der Waals surface area (Å²) < 4.78 is 58.5. The van der Waals surface area contributed by atoms with Crippen LogP contribution in [-0.4, -0.2) is 51.4 Å². The molecule has 4 aromatic rings. The second kappa shape index (κ2) is 11.8. The van der Waals surface area contributed by atoms with Crippen molar-refractivity contribution in [2.45, 2.75) is 44.0 Å². The number of thiazole rings is 1. The summed E-state index contributed by atoms with van der Waals surface area (Å²) in [6, 6.07) is 14.0. The molecule has 2 aromatic heterocycles. The summed E-state index contributed by atoms with van der Waals surface area (Å²) >= 11 is 1.19. The van der Waals surface area contributed by atoms with Gasteiger partial charge in [0, 0.05) is 24.9 Å². The fourth-order valence-electron chi connectivity index (χ4n) is 4.18. The first-order valence-electron chi connectivity index (χ1n) is 12.8. The molecule has 0 spiro atoms. The number of fused-ring (bicyclic) bond motifs is 1. The molecule has 12 heteroatoms. The molecule has 2 aromatic carbocycles. The summed E-state index contributed by atoms with van der Waals surface area (Å²) in [5.41, 5.74) is 0.835. The summed E-state index contributed by atoms with van der Waals surface area (Å²) in [6.07, 6.45) is 2.64. The summed E-state index contributed by atoms with van der Waals surface area (Å²) in [6.45, 7) is 8.78. The van der Waals surface area contributed by atoms with Gasteiger partial charge >= 0.3 is 0 Å². The van der Waals surface area contributed by atoms with Crippen LogP contribution in [0, 0.1) is 11.8 Å². The van der Waals surface area contributed by atoms with Gasteiger partial charge in [0.05, 0.1) is 32.8 Å². The first-order valence-corrected chi connectivity index (χ1v) is 17.0. The third kappa shape index (κ3) is 6.80. The zero-order chi connectivity index (χ0) is 29.2. The van der Waals surface area contributed by atoms with Gasteiger partial charge in [-0.05, 0) is 66.4 Å². The van der Waals surface area contributed by atoms with Crippen LogP contribution in [0.25, 0.3) is 10.2 Å². The molecule has 0 N–H and O–H groups in total. The molecule has 9 nitrogen and oxygen atoms in total. The van der Waals surface area contributed by atoms with Crippen LogP contribution < -0.4 is 4.90 Å². The predicted molar refractivity (Wildman–Crippen MR) is 157 cm³/mol. The van der Waals surface area contributed by atoms with E-state index in [1.165, 1.54) is 57.1 Å². The highest BCUT2D eigenvalue weighted by atomic mass is 32.2. The summed E-state index contributed by atoms with van der Waals surface area (Å²) in [5, 5.41) is 0.360.